The average Bonchev–Trinajstić information content (AvgIpc) is 2.27. The molecular formula is C12H21N3O. The molecule has 16 heavy (non-hydrogen) atoms. The zero-order valence-corrected chi connectivity index (χ0v) is 10.2. The topological polar surface area (TPSA) is 50.5 Å². The minimum atomic E-state index is 0.0812. The van der Waals surface area contributed by atoms with Gasteiger partial charge in [-0.05, 0) is 13.0 Å². The lowest BCUT2D eigenvalue weighted by Crippen LogP contribution is -2.38. The normalized spacial score (nSPS) is 12.8. The summed E-state index contributed by atoms with van der Waals surface area (Å²) < 4.78 is 5.59. The van der Waals surface area contributed by atoms with Crippen LogP contribution in [-0.2, 0) is 0 Å². The molecule has 0 saturated heterocycles. The van der Waals surface area contributed by atoms with E-state index < -0.39 is 0 Å². The highest BCUT2D eigenvalue weighted by atomic mass is 16.5. The summed E-state index contributed by atoms with van der Waals surface area (Å²) in [7, 11) is 3.90. The minimum absolute atomic E-state index is 0.0812. The van der Waals surface area contributed by atoms with Crippen LogP contribution >= 0.6 is 0 Å². The summed E-state index contributed by atoms with van der Waals surface area (Å²) >= 11 is 0. The van der Waals surface area contributed by atoms with Crippen molar-refractivity contribution in [3.05, 3.63) is 29.8 Å². The smallest absolute Gasteiger partial charge is 0.124 e. The Balaban J connectivity index is 2.89. The maximum atomic E-state index is 5.77. The Labute approximate surface area is 97.4 Å². The summed E-state index contributed by atoms with van der Waals surface area (Å²) in [6, 6.07) is 8.06. The van der Waals surface area contributed by atoms with E-state index in [0.29, 0.717) is 13.2 Å². The molecule has 0 aliphatic carbocycles. The highest BCUT2D eigenvalue weighted by molar-refractivity contribution is 5.36. The molecule has 0 aliphatic rings. The van der Waals surface area contributed by atoms with Crippen molar-refractivity contribution in [3.63, 3.8) is 0 Å². The molecular weight excluding hydrogens is 202 g/mol. The number of nitrogens with one attached hydrogen (secondary N) is 1. The van der Waals surface area contributed by atoms with E-state index in [9.17, 15) is 0 Å². The maximum absolute atomic E-state index is 5.77. The van der Waals surface area contributed by atoms with E-state index in [2.05, 4.69) is 5.43 Å². The molecule has 0 heterocycles. The number of nitrogens with zero attached hydrogens (tertiary/aromatic N) is 1. The van der Waals surface area contributed by atoms with Crippen molar-refractivity contribution in [1.29, 1.82) is 0 Å². The van der Waals surface area contributed by atoms with E-state index in [1.807, 2.05) is 50.3 Å². The number of hydrogen-bond acceptors (Lipinski definition) is 4. The van der Waals surface area contributed by atoms with E-state index in [-0.39, 0.29) is 6.04 Å². The Morgan fingerprint density at radius 2 is 2.06 bits per heavy atom. The molecule has 4 nitrogen and oxygen atoms in total. The third kappa shape index (κ3) is 3.48. The lowest BCUT2D eigenvalue weighted by molar-refractivity contribution is 0.240. The van der Waals surface area contributed by atoms with Crippen molar-refractivity contribution < 1.29 is 4.74 Å². The fourth-order valence-corrected chi connectivity index (χ4v) is 1.62. The molecule has 0 fully saturated rings. The molecule has 0 aliphatic heterocycles. The van der Waals surface area contributed by atoms with E-state index in [1.54, 1.807) is 0 Å². The van der Waals surface area contributed by atoms with E-state index in [1.165, 1.54) is 0 Å². The molecule has 0 spiro atoms. The van der Waals surface area contributed by atoms with Crippen molar-refractivity contribution >= 4 is 0 Å². The molecule has 0 amide bonds. The Hall–Kier alpha value is -1.10. The second-order valence-electron chi connectivity index (χ2n) is 3.78. The number of para-hydroxylation sites is 1. The lowest BCUT2D eigenvalue weighted by atomic mass is 10.1. The largest absolute Gasteiger partial charge is 0.494 e. The molecule has 1 atom stereocenters. The van der Waals surface area contributed by atoms with Gasteiger partial charge in [0.2, 0.25) is 0 Å². The number of hydrazine groups is 1. The van der Waals surface area contributed by atoms with Gasteiger partial charge in [-0.2, -0.15) is 0 Å². The van der Waals surface area contributed by atoms with Crippen LogP contribution in [-0.4, -0.2) is 32.3 Å². The first kappa shape index (κ1) is 13.0. The summed E-state index contributed by atoms with van der Waals surface area (Å²) in [6.45, 7) is 3.17. The van der Waals surface area contributed by atoms with Gasteiger partial charge in [-0.1, -0.05) is 18.2 Å². The van der Waals surface area contributed by atoms with Crippen LogP contribution in [0.5, 0.6) is 5.75 Å². The molecule has 0 saturated carbocycles. The first-order chi connectivity index (χ1) is 7.69. The average molecular weight is 223 g/mol. The Morgan fingerprint density at radius 3 is 2.62 bits per heavy atom. The molecule has 0 aromatic heterocycles. The van der Waals surface area contributed by atoms with Crippen LogP contribution in [0.15, 0.2) is 24.3 Å². The maximum Gasteiger partial charge on any atom is 0.124 e. The van der Waals surface area contributed by atoms with Gasteiger partial charge < -0.3 is 10.5 Å². The second kappa shape index (κ2) is 6.48. The van der Waals surface area contributed by atoms with Crippen LogP contribution in [0.3, 0.4) is 0 Å². The molecule has 0 radical (unpaired) electrons. The van der Waals surface area contributed by atoms with Crippen molar-refractivity contribution in [2.45, 2.75) is 13.0 Å². The zero-order valence-electron chi connectivity index (χ0n) is 10.2. The van der Waals surface area contributed by atoms with Gasteiger partial charge >= 0.3 is 0 Å². The first-order valence-corrected chi connectivity index (χ1v) is 5.54. The lowest BCUT2D eigenvalue weighted by Gasteiger charge is -2.23. The fourth-order valence-electron chi connectivity index (χ4n) is 1.62. The third-order valence-electron chi connectivity index (χ3n) is 2.24. The van der Waals surface area contributed by atoms with Gasteiger partial charge in [-0.15, -0.1) is 0 Å². The summed E-state index contributed by atoms with van der Waals surface area (Å²) in [4.78, 5) is 0. The second-order valence-corrected chi connectivity index (χ2v) is 3.78. The molecule has 4 heteroatoms. The van der Waals surface area contributed by atoms with E-state index in [4.69, 9.17) is 10.5 Å². The Kier molecular flexibility index (Phi) is 5.25. The van der Waals surface area contributed by atoms with Gasteiger partial charge in [0.1, 0.15) is 5.75 Å². The number of rotatable bonds is 6. The van der Waals surface area contributed by atoms with Crippen LogP contribution in [0.1, 0.15) is 18.5 Å². The molecule has 90 valence electrons. The SMILES string of the molecule is CCOc1ccccc1C(CN)NN(C)C. The van der Waals surface area contributed by atoms with Gasteiger partial charge in [-0.3, -0.25) is 0 Å². The van der Waals surface area contributed by atoms with Gasteiger partial charge in [0, 0.05) is 26.2 Å². The zero-order chi connectivity index (χ0) is 12.0. The van der Waals surface area contributed by atoms with Crippen molar-refractivity contribution in [3.8, 4) is 5.75 Å². The summed E-state index contributed by atoms with van der Waals surface area (Å²) in [5, 5.41) is 1.90. The Bertz CT molecular complexity index is 315. The Morgan fingerprint density at radius 1 is 1.38 bits per heavy atom. The van der Waals surface area contributed by atoms with Crippen LogP contribution < -0.4 is 15.9 Å². The molecule has 0 bridgehead atoms. The highest BCUT2D eigenvalue weighted by Crippen LogP contribution is 2.24. The van der Waals surface area contributed by atoms with Crippen LogP contribution in [0.2, 0.25) is 0 Å². The summed E-state index contributed by atoms with van der Waals surface area (Å²) in [5.41, 5.74) is 10.1. The number of benzene rings is 1. The third-order valence-corrected chi connectivity index (χ3v) is 2.24. The number of hydrogen-bond donors (Lipinski definition) is 2. The molecule has 1 aromatic rings. The van der Waals surface area contributed by atoms with Gasteiger partial charge in [-0.25, -0.2) is 10.4 Å². The van der Waals surface area contributed by atoms with Crippen molar-refractivity contribution in [2.24, 2.45) is 5.73 Å². The predicted molar refractivity (Wildman–Crippen MR) is 66.2 cm³/mol. The van der Waals surface area contributed by atoms with Crippen molar-refractivity contribution in [1.82, 2.24) is 10.4 Å². The molecule has 1 rings (SSSR count). The fraction of sp³-hybridized carbons (Fsp3) is 0.500. The quantitative estimate of drug-likeness (QED) is 0.710. The van der Waals surface area contributed by atoms with E-state index in [0.717, 1.165) is 11.3 Å². The van der Waals surface area contributed by atoms with Crippen LogP contribution in [0, 0.1) is 0 Å². The van der Waals surface area contributed by atoms with Crippen LogP contribution in [0.4, 0.5) is 0 Å². The predicted octanol–water partition coefficient (Wildman–Crippen LogP) is 1.15. The first-order valence-electron chi connectivity index (χ1n) is 5.54. The van der Waals surface area contributed by atoms with Crippen LogP contribution in [0.25, 0.3) is 0 Å². The standard InChI is InChI=1S/C12H21N3O/c1-4-16-12-8-6-5-7-10(12)11(9-13)14-15(2)3/h5-8,11,14H,4,9,13H2,1-3H3. The van der Waals surface area contributed by atoms with Gasteiger partial charge in [0.25, 0.3) is 0 Å². The number of nitrogens with two attached hydrogens (primary N) is 1. The summed E-state index contributed by atoms with van der Waals surface area (Å²) in [5.74, 6) is 0.898. The minimum Gasteiger partial charge on any atom is -0.494 e. The number of ether oxygens (including phenoxy) is 1. The highest BCUT2D eigenvalue weighted by Gasteiger charge is 2.14. The van der Waals surface area contributed by atoms with Gasteiger partial charge in [0.15, 0.2) is 0 Å². The van der Waals surface area contributed by atoms with Gasteiger partial charge in [0.05, 0.1) is 12.6 Å². The van der Waals surface area contributed by atoms with E-state index >= 15 is 0 Å². The monoisotopic (exact) mass is 223 g/mol. The van der Waals surface area contributed by atoms with Crippen molar-refractivity contribution in [2.75, 3.05) is 27.2 Å². The summed E-state index contributed by atoms with van der Waals surface area (Å²) in [6.07, 6.45) is 0. The molecule has 1 unspecified atom stereocenters. The molecule has 1 aromatic carbocycles. The molecule has 3 N–H and O–H groups in total.